The molecule has 5 heterocycles. The quantitative estimate of drug-likeness (QED) is 0.247. The topological polar surface area (TPSA) is 75.6 Å². The van der Waals surface area contributed by atoms with Crippen LogP contribution in [0.5, 0.6) is 11.5 Å². The molecular formula is C32H21N7O. The Labute approximate surface area is 228 Å². The molecule has 0 aliphatic rings. The van der Waals surface area contributed by atoms with Crippen LogP contribution < -0.4 is 4.74 Å². The summed E-state index contributed by atoms with van der Waals surface area (Å²) in [5.74, 6) is 2.88. The summed E-state index contributed by atoms with van der Waals surface area (Å²) in [4.78, 5) is 13.4. The predicted molar refractivity (Wildman–Crippen MR) is 155 cm³/mol. The third kappa shape index (κ3) is 3.54. The van der Waals surface area contributed by atoms with Gasteiger partial charge in [0.1, 0.15) is 17.3 Å². The third-order valence-corrected chi connectivity index (χ3v) is 6.99. The fraction of sp³-hybridized carbons (Fsp3) is 0. The molecule has 0 aliphatic carbocycles. The van der Waals surface area contributed by atoms with E-state index in [-0.39, 0.29) is 0 Å². The highest BCUT2D eigenvalue weighted by molar-refractivity contribution is 6.09. The second-order valence-corrected chi connectivity index (χ2v) is 9.39. The number of nitrogens with zero attached hydrogens (tertiary/aromatic N) is 7. The van der Waals surface area contributed by atoms with Crippen LogP contribution in [-0.4, -0.2) is 33.9 Å². The summed E-state index contributed by atoms with van der Waals surface area (Å²) in [7, 11) is 0. The molecule has 0 saturated heterocycles. The fourth-order valence-electron chi connectivity index (χ4n) is 5.27. The monoisotopic (exact) mass is 519 g/mol. The predicted octanol–water partition coefficient (Wildman–Crippen LogP) is 6.89. The first-order valence-corrected chi connectivity index (χ1v) is 12.9. The summed E-state index contributed by atoms with van der Waals surface area (Å²) < 4.78 is 12.4. The minimum atomic E-state index is 0.586. The molecule has 0 unspecified atom stereocenters. The summed E-state index contributed by atoms with van der Waals surface area (Å²) in [5, 5.41) is 7.95. The SMILES string of the molecule is c1ccc(-n2c3ccccc3c3ccc(Oc4cccc(-n5ncc6ccn(-c7ncccn7)c65)c4)cc32)nc1. The first-order chi connectivity index (χ1) is 19.8. The maximum absolute atomic E-state index is 6.41. The first kappa shape index (κ1) is 22.2. The van der Waals surface area contributed by atoms with Crippen molar-refractivity contribution < 1.29 is 4.74 Å². The number of hydrogen-bond donors (Lipinski definition) is 0. The van der Waals surface area contributed by atoms with Gasteiger partial charge in [-0.25, -0.2) is 19.6 Å². The van der Waals surface area contributed by atoms with Crippen LogP contribution in [0.2, 0.25) is 0 Å². The number of fused-ring (bicyclic) bond motifs is 4. The van der Waals surface area contributed by atoms with E-state index in [0.717, 1.165) is 44.7 Å². The zero-order valence-corrected chi connectivity index (χ0v) is 21.2. The van der Waals surface area contributed by atoms with E-state index in [2.05, 4.69) is 61.0 Å². The van der Waals surface area contributed by atoms with E-state index in [1.54, 1.807) is 18.5 Å². The summed E-state index contributed by atoms with van der Waals surface area (Å²) in [6, 6.07) is 32.2. The van der Waals surface area contributed by atoms with Crippen molar-refractivity contribution in [2.24, 2.45) is 0 Å². The second-order valence-electron chi connectivity index (χ2n) is 9.39. The van der Waals surface area contributed by atoms with Crippen molar-refractivity contribution in [2.75, 3.05) is 0 Å². The Balaban J connectivity index is 1.21. The van der Waals surface area contributed by atoms with Crippen LogP contribution in [0.15, 0.2) is 128 Å². The molecule has 0 fully saturated rings. The van der Waals surface area contributed by atoms with Crippen LogP contribution in [0.1, 0.15) is 0 Å². The fourth-order valence-corrected chi connectivity index (χ4v) is 5.27. The van der Waals surface area contributed by atoms with Gasteiger partial charge in [-0.05, 0) is 54.6 Å². The van der Waals surface area contributed by atoms with Crippen LogP contribution in [0, 0.1) is 0 Å². The molecule has 8 heteroatoms. The standard InChI is InChI=1S/C32H21N7O/c1-2-10-28-26(9-1)27-13-12-25(20-29(27)38(28)30-11-3-4-15-33-30)40-24-8-5-7-23(19-24)39-31-22(21-36-39)14-18-37(31)32-34-16-6-17-35-32/h1-21H. The van der Waals surface area contributed by atoms with Crippen molar-refractivity contribution in [2.45, 2.75) is 0 Å². The van der Waals surface area contributed by atoms with Crippen LogP contribution in [0.4, 0.5) is 0 Å². The molecule has 8 rings (SSSR count). The Morgan fingerprint density at radius 1 is 0.625 bits per heavy atom. The maximum atomic E-state index is 6.41. The van der Waals surface area contributed by atoms with E-state index in [1.807, 2.05) is 82.4 Å². The van der Waals surface area contributed by atoms with Gasteiger partial charge in [0.15, 0.2) is 5.65 Å². The summed E-state index contributed by atoms with van der Waals surface area (Å²) in [5.41, 5.74) is 3.88. The van der Waals surface area contributed by atoms with Crippen molar-refractivity contribution in [3.05, 3.63) is 128 Å². The molecule has 190 valence electrons. The zero-order chi connectivity index (χ0) is 26.5. The largest absolute Gasteiger partial charge is 0.457 e. The van der Waals surface area contributed by atoms with Crippen molar-refractivity contribution >= 4 is 32.8 Å². The lowest BCUT2D eigenvalue weighted by molar-refractivity contribution is 0.483. The average Bonchev–Trinajstić information content (AvgIpc) is 3.70. The van der Waals surface area contributed by atoms with Gasteiger partial charge >= 0.3 is 0 Å². The molecule has 3 aromatic carbocycles. The van der Waals surface area contributed by atoms with Gasteiger partial charge < -0.3 is 4.74 Å². The van der Waals surface area contributed by atoms with E-state index >= 15 is 0 Å². The summed E-state index contributed by atoms with van der Waals surface area (Å²) in [6.07, 6.45) is 9.07. The molecule has 0 amide bonds. The maximum Gasteiger partial charge on any atom is 0.235 e. The molecule has 40 heavy (non-hydrogen) atoms. The van der Waals surface area contributed by atoms with Gasteiger partial charge in [-0.3, -0.25) is 9.13 Å². The lowest BCUT2D eigenvalue weighted by Crippen LogP contribution is -2.04. The van der Waals surface area contributed by atoms with Gasteiger partial charge in [0.2, 0.25) is 5.95 Å². The number of ether oxygens (including phenoxy) is 1. The zero-order valence-electron chi connectivity index (χ0n) is 21.2. The number of benzene rings is 3. The van der Waals surface area contributed by atoms with Crippen LogP contribution in [-0.2, 0) is 0 Å². The van der Waals surface area contributed by atoms with E-state index in [9.17, 15) is 0 Å². The van der Waals surface area contributed by atoms with E-state index in [1.165, 1.54) is 5.39 Å². The Morgan fingerprint density at radius 3 is 2.35 bits per heavy atom. The molecular weight excluding hydrogens is 498 g/mol. The molecule has 0 aliphatic heterocycles. The van der Waals surface area contributed by atoms with Crippen molar-refractivity contribution in [1.82, 2.24) is 33.9 Å². The van der Waals surface area contributed by atoms with Crippen LogP contribution >= 0.6 is 0 Å². The van der Waals surface area contributed by atoms with Gasteiger partial charge in [0, 0.05) is 53.1 Å². The lowest BCUT2D eigenvalue weighted by atomic mass is 10.1. The normalized spacial score (nSPS) is 11.5. The van der Waals surface area contributed by atoms with Crippen molar-refractivity contribution in [3.8, 4) is 29.0 Å². The van der Waals surface area contributed by atoms with Gasteiger partial charge in [0.25, 0.3) is 0 Å². The minimum absolute atomic E-state index is 0.586. The highest BCUT2D eigenvalue weighted by Gasteiger charge is 2.15. The lowest BCUT2D eigenvalue weighted by Gasteiger charge is -2.11. The average molecular weight is 520 g/mol. The molecule has 0 atom stereocenters. The summed E-state index contributed by atoms with van der Waals surface area (Å²) >= 11 is 0. The molecule has 0 N–H and O–H groups in total. The first-order valence-electron chi connectivity index (χ1n) is 12.9. The van der Waals surface area contributed by atoms with Gasteiger partial charge in [-0.2, -0.15) is 5.10 Å². The molecule has 8 nitrogen and oxygen atoms in total. The highest BCUT2D eigenvalue weighted by atomic mass is 16.5. The number of pyridine rings is 1. The molecule has 5 aromatic heterocycles. The van der Waals surface area contributed by atoms with E-state index in [4.69, 9.17) is 4.74 Å². The van der Waals surface area contributed by atoms with Crippen LogP contribution in [0.3, 0.4) is 0 Å². The Kier molecular flexibility index (Phi) is 4.96. The smallest absolute Gasteiger partial charge is 0.235 e. The number of para-hydroxylation sites is 1. The minimum Gasteiger partial charge on any atom is -0.457 e. The van der Waals surface area contributed by atoms with E-state index in [0.29, 0.717) is 11.7 Å². The van der Waals surface area contributed by atoms with Crippen molar-refractivity contribution in [1.29, 1.82) is 0 Å². The van der Waals surface area contributed by atoms with Gasteiger partial charge in [0.05, 0.1) is 22.9 Å². The Hall–Kier alpha value is -5.76. The molecule has 8 aromatic rings. The molecule has 0 spiro atoms. The molecule has 0 bridgehead atoms. The van der Waals surface area contributed by atoms with Crippen LogP contribution in [0.25, 0.3) is 50.3 Å². The Bertz CT molecular complexity index is 2140. The molecule has 0 radical (unpaired) electrons. The third-order valence-electron chi connectivity index (χ3n) is 6.99. The van der Waals surface area contributed by atoms with Gasteiger partial charge in [-0.1, -0.05) is 30.3 Å². The van der Waals surface area contributed by atoms with E-state index < -0.39 is 0 Å². The molecule has 0 saturated carbocycles. The highest BCUT2D eigenvalue weighted by Crippen LogP contribution is 2.35. The Morgan fingerprint density at radius 2 is 1.45 bits per heavy atom. The second kappa shape index (κ2) is 8.92. The van der Waals surface area contributed by atoms with Crippen molar-refractivity contribution in [3.63, 3.8) is 0 Å². The number of hydrogen-bond acceptors (Lipinski definition) is 5. The number of aromatic nitrogens is 7. The number of rotatable bonds is 5. The van der Waals surface area contributed by atoms with Gasteiger partial charge in [-0.15, -0.1) is 0 Å². The summed E-state index contributed by atoms with van der Waals surface area (Å²) in [6.45, 7) is 0.